The summed E-state index contributed by atoms with van der Waals surface area (Å²) in [5.41, 5.74) is 9.20. The minimum atomic E-state index is 0.208. The van der Waals surface area contributed by atoms with E-state index in [1.807, 2.05) is 0 Å². The smallest absolute Gasteiger partial charge is 0.0117 e. The van der Waals surface area contributed by atoms with Crippen molar-refractivity contribution in [3.63, 3.8) is 0 Å². The second-order valence-corrected chi connectivity index (χ2v) is 5.62. The monoisotopic (exact) mass is 214 g/mol. The van der Waals surface area contributed by atoms with Crippen LogP contribution < -0.4 is 0 Å². The van der Waals surface area contributed by atoms with Crippen LogP contribution in [0.25, 0.3) is 0 Å². The number of allylic oxidation sites excluding steroid dienone is 8. The lowest BCUT2D eigenvalue weighted by atomic mass is 9.76. The molecule has 0 aromatic heterocycles. The second-order valence-electron chi connectivity index (χ2n) is 5.62. The molecule has 0 unspecified atom stereocenters. The predicted molar refractivity (Wildman–Crippen MR) is 71.3 cm³/mol. The molecule has 0 heteroatoms. The third kappa shape index (κ3) is 1.36. The zero-order valence-electron chi connectivity index (χ0n) is 11.4. The summed E-state index contributed by atoms with van der Waals surface area (Å²) in [6, 6.07) is 0. The highest BCUT2D eigenvalue weighted by Crippen LogP contribution is 2.51. The summed E-state index contributed by atoms with van der Waals surface area (Å²) >= 11 is 0. The highest BCUT2D eigenvalue weighted by Gasteiger charge is 2.36. The van der Waals surface area contributed by atoms with Gasteiger partial charge in [0.1, 0.15) is 0 Å². The molecule has 0 amide bonds. The van der Waals surface area contributed by atoms with Crippen LogP contribution in [0, 0.1) is 5.41 Å². The molecule has 0 aromatic carbocycles. The van der Waals surface area contributed by atoms with E-state index in [0.717, 1.165) is 6.42 Å². The molecule has 0 atom stereocenters. The third-order valence-electron chi connectivity index (χ3n) is 4.50. The Kier molecular flexibility index (Phi) is 2.49. The van der Waals surface area contributed by atoms with Crippen molar-refractivity contribution in [2.45, 2.75) is 48.0 Å². The van der Waals surface area contributed by atoms with Crippen LogP contribution in [0.2, 0.25) is 0 Å². The first-order valence-corrected chi connectivity index (χ1v) is 6.14. The summed E-state index contributed by atoms with van der Waals surface area (Å²) < 4.78 is 0. The summed E-state index contributed by atoms with van der Waals surface area (Å²) in [6.07, 6.45) is 5.81. The van der Waals surface area contributed by atoms with Crippen molar-refractivity contribution in [1.29, 1.82) is 0 Å². The molecule has 0 saturated carbocycles. The molecule has 2 aliphatic carbocycles. The summed E-state index contributed by atoms with van der Waals surface area (Å²) in [5.74, 6) is 0. The maximum absolute atomic E-state index is 2.38. The molecule has 0 radical (unpaired) electrons. The first-order valence-electron chi connectivity index (χ1n) is 6.14. The highest BCUT2D eigenvalue weighted by molar-refractivity contribution is 5.63. The Bertz CT molecular complexity index is 462. The zero-order chi connectivity index (χ0) is 12.1. The fourth-order valence-corrected chi connectivity index (χ4v) is 3.06. The van der Waals surface area contributed by atoms with Gasteiger partial charge in [-0.25, -0.2) is 0 Å². The van der Waals surface area contributed by atoms with Crippen molar-refractivity contribution < 1.29 is 0 Å². The summed E-state index contributed by atoms with van der Waals surface area (Å²) in [5, 5.41) is 0. The van der Waals surface area contributed by atoms with Crippen LogP contribution in [-0.2, 0) is 0 Å². The SMILES string of the molecule is CC1=CCC=C1C1=C(C)C(C)=C(C)C1(C)C. The molecular weight excluding hydrogens is 192 g/mol. The van der Waals surface area contributed by atoms with Gasteiger partial charge in [0.25, 0.3) is 0 Å². The van der Waals surface area contributed by atoms with Crippen molar-refractivity contribution in [2.75, 3.05) is 0 Å². The first-order chi connectivity index (χ1) is 7.37. The van der Waals surface area contributed by atoms with E-state index in [-0.39, 0.29) is 5.41 Å². The Hall–Kier alpha value is -1.04. The summed E-state index contributed by atoms with van der Waals surface area (Å²) in [4.78, 5) is 0. The van der Waals surface area contributed by atoms with Gasteiger partial charge in [-0.15, -0.1) is 0 Å². The highest BCUT2D eigenvalue weighted by atomic mass is 14.4. The van der Waals surface area contributed by atoms with E-state index < -0.39 is 0 Å². The van der Waals surface area contributed by atoms with Gasteiger partial charge >= 0.3 is 0 Å². The van der Waals surface area contributed by atoms with Gasteiger partial charge in [0.2, 0.25) is 0 Å². The van der Waals surface area contributed by atoms with Gasteiger partial charge in [-0.2, -0.15) is 0 Å². The van der Waals surface area contributed by atoms with Gasteiger partial charge in [0.05, 0.1) is 0 Å². The average molecular weight is 214 g/mol. The van der Waals surface area contributed by atoms with Gasteiger partial charge in [-0.05, 0) is 62.0 Å². The molecular formula is C16H22. The normalized spacial score (nSPS) is 24.1. The Balaban J connectivity index is 2.57. The van der Waals surface area contributed by atoms with Gasteiger partial charge < -0.3 is 0 Å². The maximum Gasteiger partial charge on any atom is 0.0117 e. The maximum atomic E-state index is 2.38. The van der Waals surface area contributed by atoms with Gasteiger partial charge in [-0.1, -0.05) is 31.6 Å². The van der Waals surface area contributed by atoms with Crippen LogP contribution in [0.4, 0.5) is 0 Å². The molecule has 0 fully saturated rings. The molecule has 0 nitrogen and oxygen atoms in total. The summed E-state index contributed by atoms with van der Waals surface area (Å²) in [7, 11) is 0. The minimum absolute atomic E-state index is 0.208. The quantitative estimate of drug-likeness (QED) is 0.579. The fraction of sp³-hybridized carbons (Fsp3) is 0.500. The first kappa shape index (κ1) is 11.4. The molecule has 0 bridgehead atoms. The standard InChI is InChI=1S/C16H22/c1-10-8-7-9-14(10)15-12(3)11(2)13(4)16(15,5)6/h8-9H,7H2,1-6H3. The average Bonchev–Trinajstić information content (AvgIpc) is 2.67. The van der Waals surface area contributed by atoms with E-state index in [4.69, 9.17) is 0 Å². The predicted octanol–water partition coefficient (Wildman–Crippen LogP) is 4.96. The lowest BCUT2D eigenvalue weighted by Crippen LogP contribution is -2.15. The summed E-state index contributed by atoms with van der Waals surface area (Å²) in [6.45, 7) is 13.7. The Morgan fingerprint density at radius 1 is 0.938 bits per heavy atom. The van der Waals surface area contributed by atoms with E-state index >= 15 is 0 Å². The fourth-order valence-electron chi connectivity index (χ4n) is 3.06. The van der Waals surface area contributed by atoms with Crippen molar-refractivity contribution in [3.8, 4) is 0 Å². The van der Waals surface area contributed by atoms with Gasteiger partial charge in [0, 0.05) is 5.41 Å². The minimum Gasteiger partial charge on any atom is -0.0772 e. The Morgan fingerprint density at radius 3 is 1.94 bits per heavy atom. The van der Waals surface area contributed by atoms with Crippen LogP contribution in [0.1, 0.15) is 48.0 Å². The van der Waals surface area contributed by atoms with Crippen LogP contribution >= 0.6 is 0 Å². The molecule has 16 heavy (non-hydrogen) atoms. The number of hydrogen-bond donors (Lipinski definition) is 0. The van der Waals surface area contributed by atoms with E-state index in [2.05, 4.69) is 53.7 Å². The zero-order valence-corrected chi connectivity index (χ0v) is 11.4. The van der Waals surface area contributed by atoms with Crippen molar-refractivity contribution in [1.82, 2.24) is 0 Å². The van der Waals surface area contributed by atoms with Gasteiger partial charge in [0.15, 0.2) is 0 Å². The molecule has 2 rings (SSSR count). The number of hydrogen-bond acceptors (Lipinski definition) is 0. The van der Waals surface area contributed by atoms with Crippen molar-refractivity contribution in [3.05, 3.63) is 45.6 Å². The van der Waals surface area contributed by atoms with E-state index in [9.17, 15) is 0 Å². The molecule has 2 aliphatic rings. The lowest BCUT2D eigenvalue weighted by Gasteiger charge is -2.27. The van der Waals surface area contributed by atoms with Crippen LogP contribution in [0.3, 0.4) is 0 Å². The third-order valence-corrected chi connectivity index (χ3v) is 4.50. The van der Waals surface area contributed by atoms with Crippen molar-refractivity contribution in [2.24, 2.45) is 5.41 Å². The van der Waals surface area contributed by atoms with E-state index in [0.29, 0.717) is 0 Å². The molecule has 0 aliphatic heterocycles. The largest absolute Gasteiger partial charge is 0.0772 e. The van der Waals surface area contributed by atoms with Crippen molar-refractivity contribution >= 4 is 0 Å². The Morgan fingerprint density at radius 2 is 1.56 bits per heavy atom. The van der Waals surface area contributed by atoms with Crippen LogP contribution in [0.5, 0.6) is 0 Å². The molecule has 0 heterocycles. The molecule has 0 spiro atoms. The molecule has 0 saturated heterocycles. The molecule has 0 N–H and O–H groups in total. The van der Waals surface area contributed by atoms with Crippen LogP contribution in [0.15, 0.2) is 45.6 Å². The topological polar surface area (TPSA) is 0 Å². The molecule has 86 valence electrons. The van der Waals surface area contributed by atoms with E-state index in [1.165, 1.54) is 27.9 Å². The van der Waals surface area contributed by atoms with Gasteiger partial charge in [-0.3, -0.25) is 0 Å². The molecule has 0 aromatic rings. The Labute approximate surface area is 99.4 Å². The lowest BCUT2D eigenvalue weighted by molar-refractivity contribution is 0.555. The number of rotatable bonds is 1. The van der Waals surface area contributed by atoms with Crippen LogP contribution in [-0.4, -0.2) is 0 Å². The van der Waals surface area contributed by atoms with E-state index in [1.54, 1.807) is 5.57 Å². The second kappa shape index (κ2) is 3.48.